The summed E-state index contributed by atoms with van der Waals surface area (Å²) in [5.41, 5.74) is 5.56. The number of hydrogen-bond donors (Lipinski definition) is 2. The highest BCUT2D eigenvalue weighted by Gasteiger charge is 2.35. The highest BCUT2D eigenvalue weighted by molar-refractivity contribution is 5.86. The van der Waals surface area contributed by atoms with Crippen molar-refractivity contribution in [1.29, 1.82) is 0 Å². The Morgan fingerprint density at radius 3 is 2.24 bits per heavy atom. The molecule has 1 rings (SSSR count). The molecule has 102 valence electrons. The highest BCUT2D eigenvalue weighted by atomic mass is 35.5. The molecule has 0 aromatic rings. The zero-order valence-corrected chi connectivity index (χ0v) is 12.1. The molecule has 0 aromatic heterocycles. The molecule has 0 aromatic carbocycles. The lowest BCUT2D eigenvalue weighted by atomic mass is 9.82. The predicted octanol–water partition coefficient (Wildman–Crippen LogP) is 2.48. The Hall–Kier alpha value is -0.280. The van der Waals surface area contributed by atoms with E-state index in [2.05, 4.69) is 26.1 Å². The normalized spacial score (nSPS) is 20.5. The molecule has 0 heterocycles. The van der Waals surface area contributed by atoms with E-state index in [1.807, 2.05) is 0 Å². The third-order valence-corrected chi connectivity index (χ3v) is 3.92. The molecule has 0 spiro atoms. The molecular weight excluding hydrogens is 236 g/mol. The molecule has 1 amide bonds. The third-order valence-electron chi connectivity index (χ3n) is 3.92. The Balaban J connectivity index is 0.00000256. The Kier molecular flexibility index (Phi) is 7.10. The van der Waals surface area contributed by atoms with Crippen LogP contribution in [-0.4, -0.2) is 18.0 Å². The second-order valence-corrected chi connectivity index (χ2v) is 5.65. The summed E-state index contributed by atoms with van der Waals surface area (Å²) in [5, 5.41) is 3.01. The lowest BCUT2D eigenvalue weighted by Crippen LogP contribution is -2.55. The lowest BCUT2D eigenvalue weighted by Gasteiger charge is -2.32. The van der Waals surface area contributed by atoms with Crippen molar-refractivity contribution in [2.75, 3.05) is 6.54 Å². The first-order valence-corrected chi connectivity index (χ1v) is 6.53. The second kappa shape index (κ2) is 7.22. The zero-order valence-electron chi connectivity index (χ0n) is 11.3. The van der Waals surface area contributed by atoms with Gasteiger partial charge in [-0.15, -0.1) is 12.4 Å². The van der Waals surface area contributed by atoms with Gasteiger partial charge in [0.2, 0.25) is 5.91 Å². The summed E-state index contributed by atoms with van der Waals surface area (Å²) in [6.07, 6.45) is 5.08. The molecule has 1 unspecified atom stereocenters. The summed E-state index contributed by atoms with van der Waals surface area (Å²) in [6.45, 7) is 7.26. The van der Waals surface area contributed by atoms with Crippen LogP contribution in [0, 0.1) is 11.8 Å². The van der Waals surface area contributed by atoms with Gasteiger partial charge in [0.25, 0.3) is 0 Å². The van der Waals surface area contributed by atoms with Gasteiger partial charge in [-0.3, -0.25) is 4.79 Å². The van der Waals surface area contributed by atoms with Crippen LogP contribution in [0.5, 0.6) is 0 Å². The van der Waals surface area contributed by atoms with Crippen LogP contribution in [0.4, 0.5) is 0 Å². The molecule has 1 saturated carbocycles. The summed E-state index contributed by atoms with van der Waals surface area (Å²) < 4.78 is 0. The van der Waals surface area contributed by atoms with Gasteiger partial charge >= 0.3 is 0 Å². The fourth-order valence-electron chi connectivity index (χ4n) is 2.08. The van der Waals surface area contributed by atoms with E-state index in [0.717, 1.165) is 32.2 Å². The average Bonchev–Trinajstić information content (AvgIpc) is 2.26. The minimum absolute atomic E-state index is 0. The molecule has 17 heavy (non-hydrogen) atoms. The van der Waals surface area contributed by atoms with Crippen molar-refractivity contribution in [2.45, 2.75) is 58.4 Å². The molecule has 1 aliphatic rings. The van der Waals surface area contributed by atoms with Crippen LogP contribution in [0.25, 0.3) is 0 Å². The number of amides is 1. The molecule has 0 radical (unpaired) electrons. The number of rotatable bonds is 4. The summed E-state index contributed by atoms with van der Waals surface area (Å²) >= 11 is 0. The molecule has 3 N–H and O–H groups in total. The summed E-state index contributed by atoms with van der Waals surface area (Å²) in [5.74, 6) is 1.16. The van der Waals surface area contributed by atoms with E-state index < -0.39 is 5.54 Å². The van der Waals surface area contributed by atoms with Crippen molar-refractivity contribution in [3.8, 4) is 0 Å². The number of nitrogens with two attached hydrogens (primary N) is 1. The van der Waals surface area contributed by atoms with Gasteiger partial charge in [0.15, 0.2) is 0 Å². The van der Waals surface area contributed by atoms with Crippen molar-refractivity contribution in [3.05, 3.63) is 0 Å². The Bertz CT molecular complexity index is 238. The van der Waals surface area contributed by atoms with Crippen LogP contribution in [0.2, 0.25) is 0 Å². The number of hydrogen-bond acceptors (Lipinski definition) is 2. The lowest BCUT2D eigenvalue weighted by molar-refractivity contribution is -0.127. The fraction of sp³-hybridized carbons (Fsp3) is 0.923. The third kappa shape index (κ3) is 4.84. The van der Waals surface area contributed by atoms with Crippen molar-refractivity contribution < 1.29 is 4.79 Å². The van der Waals surface area contributed by atoms with Crippen LogP contribution in [-0.2, 0) is 4.79 Å². The monoisotopic (exact) mass is 262 g/mol. The van der Waals surface area contributed by atoms with Crippen LogP contribution in [0.1, 0.15) is 52.9 Å². The van der Waals surface area contributed by atoms with Crippen molar-refractivity contribution in [2.24, 2.45) is 17.6 Å². The number of carbonyl (C=O) groups excluding carboxylic acids is 1. The number of halogens is 1. The summed E-state index contributed by atoms with van der Waals surface area (Å²) in [6, 6.07) is 0. The molecule has 0 saturated heterocycles. The molecule has 4 heteroatoms. The van der Waals surface area contributed by atoms with E-state index in [1.165, 1.54) is 6.42 Å². The van der Waals surface area contributed by atoms with E-state index in [0.29, 0.717) is 11.8 Å². The largest absolute Gasteiger partial charge is 0.354 e. The van der Waals surface area contributed by atoms with Gasteiger partial charge in [0, 0.05) is 6.54 Å². The standard InChI is InChI=1S/C13H26N2O.ClH/c1-10(2)11(3)9-15-12(16)13(14)7-5-4-6-8-13;/h10-11H,4-9,14H2,1-3H3,(H,15,16);1H. The SMILES string of the molecule is CC(C)C(C)CNC(=O)C1(N)CCCCC1.Cl. The first-order valence-electron chi connectivity index (χ1n) is 6.53. The molecule has 0 bridgehead atoms. The van der Waals surface area contributed by atoms with Crippen LogP contribution in [0.3, 0.4) is 0 Å². The summed E-state index contributed by atoms with van der Waals surface area (Å²) in [7, 11) is 0. The Morgan fingerprint density at radius 1 is 1.24 bits per heavy atom. The minimum atomic E-state index is -0.588. The van der Waals surface area contributed by atoms with Gasteiger partial charge in [-0.1, -0.05) is 40.0 Å². The van der Waals surface area contributed by atoms with Crippen molar-refractivity contribution >= 4 is 18.3 Å². The molecule has 0 aliphatic heterocycles. The first-order chi connectivity index (χ1) is 7.46. The topological polar surface area (TPSA) is 55.1 Å². The van der Waals surface area contributed by atoms with E-state index in [9.17, 15) is 4.79 Å². The summed E-state index contributed by atoms with van der Waals surface area (Å²) in [4.78, 5) is 12.0. The average molecular weight is 263 g/mol. The maximum absolute atomic E-state index is 12.0. The van der Waals surface area contributed by atoms with Gasteiger partial charge in [-0.25, -0.2) is 0 Å². The van der Waals surface area contributed by atoms with Gasteiger partial charge in [-0.2, -0.15) is 0 Å². The van der Waals surface area contributed by atoms with E-state index in [4.69, 9.17) is 5.73 Å². The minimum Gasteiger partial charge on any atom is -0.354 e. The highest BCUT2D eigenvalue weighted by Crippen LogP contribution is 2.26. The Labute approximate surface area is 111 Å². The van der Waals surface area contributed by atoms with Crippen molar-refractivity contribution in [3.63, 3.8) is 0 Å². The van der Waals surface area contributed by atoms with E-state index >= 15 is 0 Å². The molecule has 1 fully saturated rings. The number of carbonyl (C=O) groups is 1. The smallest absolute Gasteiger partial charge is 0.240 e. The van der Waals surface area contributed by atoms with Gasteiger partial charge in [-0.05, 0) is 24.7 Å². The number of nitrogens with one attached hydrogen (secondary N) is 1. The second-order valence-electron chi connectivity index (χ2n) is 5.65. The molecule has 3 nitrogen and oxygen atoms in total. The quantitative estimate of drug-likeness (QED) is 0.818. The molecule has 1 atom stereocenters. The van der Waals surface area contributed by atoms with E-state index in [1.54, 1.807) is 0 Å². The first kappa shape index (κ1) is 16.7. The van der Waals surface area contributed by atoms with E-state index in [-0.39, 0.29) is 18.3 Å². The van der Waals surface area contributed by atoms with Crippen LogP contribution in [0.15, 0.2) is 0 Å². The zero-order chi connectivity index (χ0) is 12.2. The molecule has 1 aliphatic carbocycles. The van der Waals surface area contributed by atoms with Crippen LogP contribution < -0.4 is 11.1 Å². The van der Waals surface area contributed by atoms with Gasteiger partial charge in [0.05, 0.1) is 5.54 Å². The van der Waals surface area contributed by atoms with Gasteiger partial charge < -0.3 is 11.1 Å². The maximum Gasteiger partial charge on any atom is 0.240 e. The maximum atomic E-state index is 12.0. The van der Waals surface area contributed by atoms with Gasteiger partial charge in [0.1, 0.15) is 0 Å². The Morgan fingerprint density at radius 2 is 1.76 bits per heavy atom. The molecular formula is C13H27ClN2O. The van der Waals surface area contributed by atoms with Crippen molar-refractivity contribution in [1.82, 2.24) is 5.32 Å². The predicted molar refractivity (Wildman–Crippen MR) is 74.3 cm³/mol. The fourth-order valence-corrected chi connectivity index (χ4v) is 2.08. The van der Waals surface area contributed by atoms with Crippen LogP contribution >= 0.6 is 12.4 Å².